The van der Waals surface area contributed by atoms with Crippen LogP contribution >= 0.6 is 0 Å². The number of carbonyl (C=O) groups excluding carboxylic acids is 1. The molecule has 0 bridgehead atoms. The summed E-state index contributed by atoms with van der Waals surface area (Å²) in [6.07, 6.45) is 1.68. The molecule has 0 aliphatic carbocycles. The molecule has 106 valence electrons. The highest BCUT2D eigenvalue weighted by Crippen LogP contribution is 2.15. The highest BCUT2D eigenvalue weighted by atomic mass is 16.2. The summed E-state index contributed by atoms with van der Waals surface area (Å²) in [5.41, 5.74) is 5.85. The first kappa shape index (κ1) is 15.4. The number of piperazine rings is 1. The van der Waals surface area contributed by atoms with Crippen LogP contribution in [0.2, 0.25) is 0 Å². The van der Waals surface area contributed by atoms with Gasteiger partial charge in [-0.25, -0.2) is 0 Å². The minimum Gasteiger partial charge on any atom is -0.349 e. The van der Waals surface area contributed by atoms with Gasteiger partial charge in [-0.05, 0) is 13.5 Å². The van der Waals surface area contributed by atoms with Gasteiger partial charge in [-0.2, -0.15) is 0 Å². The number of hydrogen-bond donors (Lipinski definition) is 1. The Kier molecular flexibility index (Phi) is 6.05. The molecule has 1 fully saturated rings. The van der Waals surface area contributed by atoms with Gasteiger partial charge in [0.15, 0.2) is 0 Å². The summed E-state index contributed by atoms with van der Waals surface area (Å²) in [4.78, 5) is 18.2. The Bertz CT molecular complexity index is 270. The number of nitrogens with zero attached hydrogens (tertiary/aromatic N) is 3. The maximum Gasteiger partial charge on any atom is 0.223 e. The molecule has 0 aromatic rings. The van der Waals surface area contributed by atoms with Crippen LogP contribution in [-0.4, -0.2) is 80.0 Å². The highest BCUT2D eigenvalue weighted by molar-refractivity contribution is 5.76. The molecule has 2 unspecified atom stereocenters. The Labute approximate surface area is 111 Å². The summed E-state index contributed by atoms with van der Waals surface area (Å²) < 4.78 is 0. The summed E-state index contributed by atoms with van der Waals surface area (Å²) in [6.45, 7) is 5.86. The molecular formula is C13H28N4O. The van der Waals surface area contributed by atoms with Crippen LogP contribution in [0.3, 0.4) is 0 Å². The van der Waals surface area contributed by atoms with Crippen molar-refractivity contribution >= 4 is 5.91 Å². The maximum atomic E-state index is 11.8. The van der Waals surface area contributed by atoms with Crippen molar-refractivity contribution in [2.75, 3.05) is 47.3 Å². The van der Waals surface area contributed by atoms with Gasteiger partial charge in [-0.1, -0.05) is 6.92 Å². The van der Waals surface area contributed by atoms with Crippen molar-refractivity contribution < 1.29 is 4.79 Å². The Balaban J connectivity index is 2.57. The first-order valence-electron chi connectivity index (χ1n) is 6.84. The molecule has 1 aliphatic heterocycles. The third-order valence-corrected chi connectivity index (χ3v) is 3.98. The van der Waals surface area contributed by atoms with Crippen molar-refractivity contribution in [2.45, 2.75) is 31.8 Å². The molecule has 0 aromatic heterocycles. The van der Waals surface area contributed by atoms with E-state index in [1.165, 1.54) is 0 Å². The lowest BCUT2D eigenvalue weighted by atomic mass is 10.1. The normalized spacial score (nSPS) is 23.9. The molecule has 0 aromatic carbocycles. The Morgan fingerprint density at radius 1 is 1.44 bits per heavy atom. The van der Waals surface area contributed by atoms with Crippen LogP contribution in [0.4, 0.5) is 0 Å². The quantitative estimate of drug-likeness (QED) is 0.741. The van der Waals surface area contributed by atoms with Gasteiger partial charge in [-0.3, -0.25) is 9.69 Å². The molecular weight excluding hydrogens is 228 g/mol. The molecule has 1 rings (SSSR count). The zero-order valence-corrected chi connectivity index (χ0v) is 12.2. The second-order valence-corrected chi connectivity index (χ2v) is 5.42. The van der Waals surface area contributed by atoms with E-state index >= 15 is 0 Å². The van der Waals surface area contributed by atoms with E-state index in [2.05, 4.69) is 23.8 Å². The van der Waals surface area contributed by atoms with E-state index in [0.29, 0.717) is 19.0 Å². The monoisotopic (exact) mass is 256 g/mol. The van der Waals surface area contributed by atoms with Gasteiger partial charge in [0.05, 0.1) is 0 Å². The molecule has 2 N–H and O–H groups in total. The summed E-state index contributed by atoms with van der Waals surface area (Å²) in [5.74, 6) is 0.164. The predicted octanol–water partition coefficient (Wildman–Crippen LogP) is -0.182. The number of rotatable bonds is 5. The number of likely N-dealkylation sites (N-methyl/N-ethyl adjacent to an activating group) is 1. The third-order valence-electron chi connectivity index (χ3n) is 3.98. The summed E-state index contributed by atoms with van der Waals surface area (Å²) in [7, 11) is 5.78. The molecule has 18 heavy (non-hydrogen) atoms. The van der Waals surface area contributed by atoms with Crippen molar-refractivity contribution in [3.63, 3.8) is 0 Å². The number of hydrogen-bond acceptors (Lipinski definition) is 4. The summed E-state index contributed by atoms with van der Waals surface area (Å²) >= 11 is 0. The molecule has 1 amide bonds. The topological polar surface area (TPSA) is 52.8 Å². The standard InChI is InChI=1S/C13H28N4O/c1-5-11-10-17(7-6-16(11)4)12(9-14)8-13(18)15(2)3/h11-12H,5-10,14H2,1-4H3. The average molecular weight is 256 g/mol. The summed E-state index contributed by atoms with van der Waals surface area (Å²) in [6, 6.07) is 0.768. The highest BCUT2D eigenvalue weighted by Gasteiger charge is 2.28. The van der Waals surface area contributed by atoms with Crippen LogP contribution in [0, 0.1) is 0 Å². The molecule has 1 aliphatic rings. The zero-order chi connectivity index (χ0) is 13.7. The minimum absolute atomic E-state index is 0.164. The van der Waals surface area contributed by atoms with E-state index in [9.17, 15) is 4.79 Å². The second kappa shape index (κ2) is 7.07. The van der Waals surface area contributed by atoms with Crippen molar-refractivity contribution in [3.8, 4) is 0 Å². The van der Waals surface area contributed by atoms with Gasteiger partial charge in [0.2, 0.25) is 5.91 Å². The molecule has 1 saturated heterocycles. The van der Waals surface area contributed by atoms with E-state index in [4.69, 9.17) is 5.73 Å². The van der Waals surface area contributed by atoms with Crippen molar-refractivity contribution in [3.05, 3.63) is 0 Å². The van der Waals surface area contributed by atoms with Crippen LogP contribution in [0.15, 0.2) is 0 Å². The fourth-order valence-electron chi connectivity index (χ4n) is 2.49. The van der Waals surface area contributed by atoms with Crippen LogP contribution in [0.25, 0.3) is 0 Å². The lowest BCUT2D eigenvalue weighted by molar-refractivity contribution is -0.130. The first-order valence-corrected chi connectivity index (χ1v) is 6.84. The molecule has 5 heteroatoms. The third kappa shape index (κ3) is 3.93. The second-order valence-electron chi connectivity index (χ2n) is 5.42. The largest absolute Gasteiger partial charge is 0.349 e. The average Bonchev–Trinajstić information content (AvgIpc) is 2.36. The first-order chi connectivity index (χ1) is 8.49. The SMILES string of the molecule is CCC1CN(C(CN)CC(=O)N(C)C)CCN1C. The number of nitrogens with two attached hydrogens (primary N) is 1. The van der Waals surface area contributed by atoms with Gasteiger partial charge < -0.3 is 15.5 Å². The maximum absolute atomic E-state index is 11.8. The van der Waals surface area contributed by atoms with E-state index < -0.39 is 0 Å². The molecule has 2 atom stereocenters. The molecule has 1 heterocycles. The van der Waals surface area contributed by atoms with E-state index in [0.717, 1.165) is 26.1 Å². The fraction of sp³-hybridized carbons (Fsp3) is 0.923. The Hall–Kier alpha value is -0.650. The fourth-order valence-corrected chi connectivity index (χ4v) is 2.49. The Morgan fingerprint density at radius 3 is 2.61 bits per heavy atom. The van der Waals surface area contributed by atoms with E-state index in [1.807, 2.05) is 0 Å². The van der Waals surface area contributed by atoms with Crippen LogP contribution in [-0.2, 0) is 4.79 Å². The number of amides is 1. The molecule has 5 nitrogen and oxygen atoms in total. The van der Waals surface area contributed by atoms with Gasteiger partial charge in [-0.15, -0.1) is 0 Å². The van der Waals surface area contributed by atoms with Gasteiger partial charge in [0, 0.05) is 58.8 Å². The Morgan fingerprint density at radius 2 is 2.11 bits per heavy atom. The molecule has 0 radical (unpaired) electrons. The smallest absolute Gasteiger partial charge is 0.223 e. The molecule has 0 saturated carbocycles. The molecule has 0 spiro atoms. The lowest BCUT2D eigenvalue weighted by Gasteiger charge is -2.42. The van der Waals surface area contributed by atoms with Crippen molar-refractivity contribution in [2.24, 2.45) is 5.73 Å². The van der Waals surface area contributed by atoms with Gasteiger partial charge in [0.25, 0.3) is 0 Å². The van der Waals surface area contributed by atoms with Crippen molar-refractivity contribution in [1.29, 1.82) is 0 Å². The minimum atomic E-state index is 0.164. The van der Waals surface area contributed by atoms with Crippen LogP contribution in [0.5, 0.6) is 0 Å². The zero-order valence-electron chi connectivity index (χ0n) is 12.2. The van der Waals surface area contributed by atoms with E-state index in [-0.39, 0.29) is 11.9 Å². The summed E-state index contributed by atoms with van der Waals surface area (Å²) in [5, 5.41) is 0. The predicted molar refractivity (Wildman–Crippen MR) is 74.4 cm³/mol. The van der Waals surface area contributed by atoms with Crippen molar-refractivity contribution in [1.82, 2.24) is 14.7 Å². The van der Waals surface area contributed by atoms with Gasteiger partial charge >= 0.3 is 0 Å². The van der Waals surface area contributed by atoms with Crippen LogP contribution in [0.1, 0.15) is 19.8 Å². The number of carbonyl (C=O) groups is 1. The lowest BCUT2D eigenvalue weighted by Crippen LogP contribution is -2.56. The van der Waals surface area contributed by atoms with Gasteiger partial charge in [0.1, 0.15) is 0 Å². The van der Waals surface area contributed by atoms with Crippen LogP contribution < -0.4 is 5.73 Å². The van der Waals surface area contributed by atoms with E-state index in [1.54, 1.807) is 19.0 Å².